The van der Waals surface area contributed by atoms with E-state index >= 15 is 0 Å². The van der Waals surface area contributed by atoms with Gasteiger partial charge in [0.2, 0.25) is 0 Å². The third-order valence-corrected chi connectivity index (χ3v) is 7.74. The van der Waals surface area contributed by atoms with E-state index in [1.54, 1.807) is 36.6 Å². The second kappa shape index (κ2) is 12.4. The number of anilines is 1. The fourth-order valence-corrected chi connectivity index (χ4v) is 5.78. The van der Waals surface area contributed by atoms with Crippen LogP contribution < -0.4 is 24.9 Å². The minimum absolute atomic E-state index is 0.132. The molecule has 42 heavy (non-hydrogen) atoms. The molecule has 5 rings (SSSR count). The van der Waals surface area contributed by atoms with Crippen molar-refractivity contribution in [3.63, 3.8) is 0 Å². The summed E-state index contributed by atoms with van der Waals surface area (Å²) >= 11 is 1.27. The van der Waals surface area contributed by atoms with Crippen LogP contribution in [0.2, 0.25) is 0 Å². The SMILES string of the molecule is CCOC(=O)C1=C(C)N=c2s/c(=C\c3ccc(OCC(=O)Nc4cccc(C)c4)cc3)c(=O)n2[C@@H]1c1ccc(C)cc1. The van der Waals surface area contributed by atoms with Gasteiger partial charge in [0.1, 0.15) is 5.75 Å². The number of nitrogens with zero attached hydrogens (tertiary/aromatic N) is 2. The van der Waals surface area contributed by atoms with Crippen LogP contribution in [0.1, 0.15) is 42.1 Å². The molecule has 0 saturated carbocycles. The minimum Gasteiger partial charge on any atom is -0.484 e. The van der Waals surface area contributed by atoms with Gasteiger partial charge in [-0.2, -0.15) is 0 Å². The van der Waals surface area contributed by atoms with Crippen molar-refractivity contribution in [3.05, 3.63) is 126 Å². The number of hydrogen-bond acceptors (Lipinski definition) is 7. The Morgan fingerprint density at radius 1 is 1.00 bits per heavy atom. The molecule has 0 bridgehead atoms. The summed E-state index contributed by atoms with van der Waals surface area (Å²) in [5.74, 6) is -0.213. The van der Waals surface area contributed by atoms with Gasteiger partial charge in [-0.25, -0.2) is 9.79 Å². The quantitative estimate of drug-likeness (QED) is 0.311. The molecule has 1 aliphatic rings. The van der Waals surface area contributed by atoms with Gasteiger partial charge in [-0.1, -0.05) is 65.4 Å². The second-order valence-electron chi connectivity index (χ2n) is 9.99. The summed E-state index contributed by atoms with van der Waals surface area (Å²) in [7, 11) is 0. The van der Waals surface area contributed by atoms with Gasteiger partial charge >= 0.3 is 5.97 Å². The number of esters is 1. The number of carbonyl (C=O) groups excluding carboxylic acids is 2. The van der Waals surface area contributed by atoms with Gasteiger partial charge in [0.25, 0.3) is 11.5 Å². The number of carbonyl (C=O) groups is 2. The molecule has 214 valence electrons. The van der Waals surface area contributed by atoms with Crippen LogP contribution in [0.5, 0.6) is 5.75 Å². The number of amides is 1. The van der Waals surface area contributed by atoms with Gasteiger partial charge in [-0.15, -0.1) is 0 Å². The predicted octanol–water partition coefficient (Wildman–Crippen LogP) is 4.43. The first-order valence-corrected chi connectivity index (χ1v) is 14.4. The lowest BCUT2D eigenvalue weighted by molar-refractivity contribution is -0.139. The van der Waals surface area contributed by atoms with Gasteiger partial charge in [0.05, 0.1) is 28.5 Å². The topological polar surface area (TPSA) is 99.0 Å². The predicted molar refractivity (Wildman–Crippen MR) is 163 cm³/mol. The van der Waals surface area contributed by atoms with Crippen LogP contribution in [0, 0.1) is 13.8 Å². The van der Waals surface area contributed by atoms with Crippen molar-refractivity contribution < 1.29 is 19.1 Å². The smallest absolute Gasteiger partial charge is 0.338 e. The molecular weight excluding hydrogens is 550 g/mol. The molecule has 1 aromatic heterocycles. The average Bonchev–Trinajstić information content (AvgIpc) is 3.26. The van der Waals surface area contributed by atoms with Crippen molar-refractivity contribution >= 4 is 35.0 Å². The van der Waals surface area contributed by atoms with Gasteiger partial charge < -0.3 is 14.8 Å². The van der Waals surface area contributed by atoms with Crippen molar-refractivity contribution in [2.75, 3.05) is 18.5 Å². The van der Waals surface area contributed by atoms with Crippen LogP contribution in [0.25, 0.3) is 6.08 Å². The molecule has 1 aliphatic heterocycles. The second-order valence-corrected chi connectivity index (χ2v) is 11.0. The van der Waals surface area contributed by atoms with E-state index < -0.39 is 12.0 Å². The highest BCUT2D eigenvalue weighted by molar-refractivity contribution is 7.07. The molecule has 0 fully saturated rings. The number of aromatic nitrogens is 1. The van der Waals surface area contributed by atoms with Crippen LogP contribution in [0.15, 0.2) is 93.9 Å². The molecule has 4 aromatic rings. The Bertz CT molecular complexity index is 1850. The molecular formula is C33H31N3O5S. The molecule has 1 amide bonds. The number of rotatable bonds is 8. The number of allylic oxidation sites excluding steroid dienone is 1. The maximum absolute atomic E-state index is 13.8. The highest BCUT2D eigenvalue weighted by atomic mass is 32.1. The van der Waals surface area contributed by atoms with Crippen molar-refractivity contribution in [1.29, 1.82) is 0 Å². The molecule has 3 aromatic carbocycles. The summed E-state index contributed by atoms with van der Waals surface area (Å²) < 4.78 is 13.1. The van der Waals surface area contributed by atoms with E-state index in [-0.39, 0.29) is 24.7 Å². The molecule has 2 heterocycles. The van der Waals surface area contributed by atoms with Crippen LogP contribution in [-0.4, -0.2) is 29.7 Å². The maximum Gasteiger partial charge on any atom is 0.338 e. The number of hydrogen-bond donors (Lipinski definition) is 1. The Balaban J connectivity index is 1.40. The summed E-state index contributed by atoms with van der Waals surface area (Å²) in [4.78, 5) is 44.2. The normalized spacial score (nSPS) is 14.7. The van der Waals surface area contributed by atoms with Crippen molar-refractivity contribution in [2.24, 2.45) is 4.99 Å². The zero-order valence-electron chi connectivity index (χ0n) is 23.8. The van der Waals surface area contributed by atoms with Gasteiger partial charge in [0.15, 0.2) is 11.4 Å². The molecule has 0 saturated heterocycles. The highest BCUT2D eigenvalue weighted by Crippen LogP contribution is 2.30. The van der Waals surface area contributed by atoms with Crippen LogP contribution >= 0.6 is 11.3 Å². The molecule has 0 radical (unpaired) electrons. The van der Waals surface area contributed by atoms with Crippen molar-refractivity contribution in [1.82, 2.24) is 4.57 Å². The van der Waals surface area contributed by atoms with Crippen LogP contribution in [-0.2, 0) is 14.3 Å². The van der Waals surface area contributed by atoms with E-state index in [2.05, 4.69) is 10.3 Å². The third kappa shape index (κ3) is 6.26. The first-order chi connectivity index (χ1) is 20.2. The number of thiazole rings is 1. The summed E-state index contributed by atoms with van der Waals surface area (Å²) in [6.45, 7) is 7.55. The lowest BCUT2D eigenvalue weighted by atomic mass is 9.95. The van der Waals surface area contributed by atoms with Gasteiger partial charge in [-0.3, -0.25) is 14.2 Å². The molecule has 8 nitrogen and oxygen atoms in total. The van der Waals surface area contributed by atoms with E-state index in [0.717, 1.165) is 27.9 Å². The van der Waals surface area contributed by atoms with Gasteiger partial charge in [0, 0.05) is 5.69 Å². The number of aryl methyl sites for hydroxylation is 2. The Kier molecular flexibility index (Phi) is 8.49. The van der Waals surface area contributed by atoms with Crippen molar-refractivity contribution in [2.45, 2.75) is 33.7 Å². The number of nitrogens with one attached hydrogen (secondary N) is 1. The summed E-state index contributed by atoms with van der Waals surface area (Å²) in [6, 6.07) is 21.8. The fourth-order valence-electron chi connectivity index (χ4n) is 4.74. The Labute approximate surface area is 247 Å². The van der Waals surface area contributed by atoms with E-state index in [9.17, 15) is 14.4 Å². The molecule has 0 unspecified atom stereocenters. The Morgan fingerprint density at radius 2 is 1.74 bits per heavy atom. The Hall–Kier alpha value is -4.76. The van der Waals surface area contributed by atoms with E-state index in [4.69, 9.17) is 9.47 Å². The highest BCUT2D eigenvalue weighted by Gasteiger charge is 2.33. The molecule has 9 heteroatoms. The van der Waals surface area contributed by atoms with Crippen molar-refractivity contribution in [3.8, 4) is 5.75 Å². The molecule has 1 atom stereocenters. The Morgan fingerprint density at radius 3 is 2.43 bits per heavy atom. The lowest BCUT2D eigenvalue weighted by Gasteiger charge is -2.24. The van der Waals surface area contributed by atoms with Gasteiger partial charge in [-0.05, 0) is 74.7 Å². The molecule has 0 aliphatic carbocycles. The zero-order chi connectivity index (χ0) is 29.8. The van der Waals surface area contributed by atoms with E-state index in [1.165, 1.54) is 11.3 Å². The fraction of sp³-hybridized carbons (Fsp3) is 0.212. The number of fused-ring (bicyclic) bond motifs is 1. The number of benzene rings is 3. The summed E-state index contributed by atoms with van der Waals surface area (Å²) in [5.41, 5.74) is 5.07. The largest absolute Gasteiger partial charge is 0.484 e. The first kappa shape index (κ1) is 28.8. The van der Waals surface area contributed by atoms with Crippen LogP contribution in [0.4, 0.5) is 5.69 Å². The van der Waals surface area contributed by atoms with E-state index in [1.807, 2.05) is 74.5 Å². The van der Waals surface area contributed by atoms with Crippen LogP contribution in [0.3, 0.4) is 0 Å². The summed E-state index contributed by atoms with van der Waals surface area (Å²) in [6.07, 6.45) is 1.79. The third-order valence-electron chi connectivity index (χ3n) is 6.76. The standard InChI is InChI=1S/C33H31N3O5S/c1-5-40-32(39)29-22(4)34-33-36(30(29)24-13-9-20(2)10-14-24)31(38)27(42-33)18-23-11-15-26(16-12-23)41-19-28(37)35-25-8-6-7-21(3)17-25/h6-18,30H,5,19H2,1-4H3,(H,35,37)/b27-18-/t30-/m1/s1. The average molecular weight is 582 g/mol. The van der Waals surface area contributed by atoms with E-state index in [0.29, 0.717) is 26.4 Å². The molecule has 0 spiro atoms. The molecule has 1 N–H and O–H groups in total. The minimum atomic E-state index is -0.648. The lowest BCUT2D eigenvalue weighted by Crippen LogP contribution is -2.39. The first-order valence-electron chi connectivity index (χ1n) is 13.6. The maximum atomic E-state index is 13.8. The monoisotopic (exact) mass is 581 g/mol. The zero-order valence-corrected chi connectivity index (χ0v) is 24.7. The summed E-state index contributed by atoms with van der Waals surface area (Å²) in [5, 5.41) is 2.82. The number of ether oxygens (including phenoxy) is 2.